The number of ketones is 2. The summed E-state index contributed by atoms with van der Waals surface area (Å²) < 4.78 is 131. The van der Waals surface area contributed by atoms with Crippen LogP contribution in [0.4, 0.5) is 44.3 Å². The number of carbonyl (C=O) groups is 4. The number of nitrogens with one attached hydrogen (secondary N) is 1. The summed E-state index contributed by atoms with van der Waals surface area (Å²) in [7, 11) is 0. The van der Waals surface area contributed by atoms with Gasteiger partial charge < -0.3 is 10.5 Å². The fourth-order valence-electron chi connectivity index (χ4n) is 5.02. The number of alkyl carbamates (subject to hydrolysis) is 1. The number of nitrogens with two attached hydrogens (primary N) is 1. The van der Waals surface area contributed by atoms with Crippen molar-refractivity contribution in [2.75, 3.05) is 0 Å². The van der Waals surface area contributed by atoms with Crippen molar-refractivity contribution >= 4 is 23.6 Å². The summed E-state index contributed by atoms with van der Waals surface area (Å²) in [5.74, 6) is -29.2. The van der Waals surface area contributed by atoms with E-state index < -0.39 is 95.5 Å². The Hall–Kier alpha value is -3.21. The number of hydrogen-bond acceptors (Lipinski definition) is 7. The lowest BCUT2D eigenvalue weighted by molar-refractivity contribution is -0.388. The van der Waals surface area contributed by atoms with Crippen molar-refractivity contribution in [2.45, 2.75) is 109 Å². The molecule has 0 fully saturated rings. The van der Waals surface area contributed by atoms with E-state index in [1.54, 1.807) is 0 Å². The summed E-state index contributed by atoms with van der Waals surface area (Å²) >= 11 is 0. The Morgan fingerprint density at radius 2 is 1.39 bits per heavy atom. The standard InChI is InChI=1S/C29H36F9N3O5/c1-13(2)18(39)21(42)20-16-11-9-8-10-15(16)12-17(23(44)40-24(45)46-25(5,6)7)41(20)19(14(3)4)22(43)26(30,31)27(32,33)28(34,35)29(36,37)38/h8-11,13-14,17-20H,12,39H2,1-7H3,(H,40,44,45)/t17?,18-,19?,20?/m0/s1. The molecule has 8 nitrogen and oxygen atoms in total. The third kappa shape index (κ3) is 7.34. The highest BCUT2D eigenvalue weighted by molar-refractivity contribution is 5.99. The first-order valence-corrected chi connectivity index (χ1v) is 14.0. The SMILES string of the molecule is CC(C)C(C(=O)C(F)(F)C(F)(F)C(F)(F)C(F)(F)F)N1C(C(=O)NC(=O)OC(C)(C)C)Cc2ccccc2C1C(=O)[C@@H](N)C(C)C. The van der Waals surface area contributed by atoms with Crippen LogP contribution in [-0.4, -0.2) is 76.1 Å². The average molecular weight is 678 g/mol. The van der Waals surface area contributed by atoms with E-state index in [4.69, 9.17) is 10.5 Å². The number of Topliss-reactive ketones (excluding diaryl/α,β-unsaturated/α-hetero) is 2. The number of halogens is 9. The van der Waals surface area contributed by atoms with Gasteiger partial charge in [0.1, 0.15) is 5.60 Å². The Morgan fingerprint density at radius 3 is 1.85 bits per heavy atom. The lowest BCUT2D eigenvalue weighted by Crippen LogP contribution is -2.69. The van der Waals surface area contributed by atoms with Gasteiger partial charge in [-0.3, -0.25) is 24.6 Å². The van der Waals surface area contributed by atoms with E-state index in [2.05, 4.69) is 0 Å². The molecule has 0 aliphatic carbocycles. The molecule has 1 aliphatic heterocycles. The smallest absolute Gasteiger partial charge is 0.444 e. The number of benzene rings is 1. The lowest BCUT2D eigenvalue weighted by Gasteiger charge is -2.48. The maximum atomic E-state index is 15.2. The van der Waals surface area contributed by atoms with Crippen molar-refractivity contribution in [3.8, 4) is 0 Å². The summed E-state index contributed by atoms with van der Waals surface area (Å²) in [6, 6.07) is -2.65. The van der Waals surface area contributed by atoms with Crippen molar-refractivity contribution in [3.05, 3.63) is 35.4 Å². The van der Waals surface area contributed by atoms with Crippen molar-refractivity contribution in [1.29, 1.82) is 0 Å². The number of amides is 2. The molecule has 1 heterocycles. The van der Waals surface area contributed by atoms with Gasteiger partial charge in [-0.25, -0.2) is 4.79 Å². The minimum absolute atomic E-state index is 0.0286. The number of ether oxygens (including phenoxy) is 1. The molecule has 17 heteroatoms. The van der Waals surface area contributed by atoms with Gasteiger partial charge >= 0.3 is 30.0 Å². The van der Waals surface area contributed by atoms with Crippen molar-refractivity contribution in [1.82, 2.24) is 10.2 Å². The van der Waals surface area contributed by atoms with Gasteiger partial charge in [0.25, 0.3) is 0 Å². The summed E-state index contributed by atoms with van der Waals surface area (Å²) in [5.41, 5.74) is 5.07. The Balaban J connectivity index is 2.90. The van der Waals surface area contributed by atoms with E-state index in [0.29, 0.717) is 4.90 Å². The molecule has 0 aromatic heterocycles. The summed E-state index contributed by atoms with van der Waals surface area (Å²) in [4.78, 5) is 53.7. The van der Waals surface area contributed by atoms with Crippen LogP contribution < -0.4 is 11.1 Å². The minimum Gasteiger partial charge on any atom is -0.444 e. The Bertz CT molecular complexity index is 1330. The maximum absolute atomic E-state index is 15.2. The number of nitrogens with zero attached hydrogens (tertiary/aromatic N) is 1. The number of fused-ring (bicyclic) bond motifs is 1. The molecule has 0 bridgehead atoms. The van der Waals surface area contributed by atoms with E-state index >= 15 is 8.78 Å². The quantitative estimate of drug-likeness (QED) is 0.309. The normalized spacial score (nSPS) is 19.8. The second kappa shape index (κ2) is 13.1. The van der Waals surface area contributed by atoms with Gasteiger partial charge in [0.15, 0.2) is 5.78 Å². The average Bonchev–Trinajstić information content (AvgIpc) is 2.89. The van der Waals surface area contributed by atoms with Crippen LogP contribution in [0.1, 0.15) is 65.6 Å². The molecule has 0 saturated heterocycles. The molecule has 46 heavy (non-hydrogen) atoms. The molecule has 1 aromatic carbocycles. The summed E-state index contributed by atoms with van der Waals surface area (Å²) in [5, 5.41) is 1.82. The zero-order valence-electron chi connectivity index (χ0n) is 25.9. The van der Waals surface area contributed by atoms with Crippen LogP contribution in [0, 0.1) is 11.8 Å². The third-order valence-corrected chi connectivity index (χ3v) is 7.34. The van der Waals surface area contributed by atoms with Crippen LogP contribution in [0.5, 0.6) is 0 Å². The number of hydrogen-bond donors (Lipinski definition) is 2. The fourth-order valence-corrected chi connectivity index (χ4v) is 5.02. The highest BCUT2D eigenvalue weighted by atomic mass is 19.4. The van der Waals surface area contributed by atoms with Gasteiger partial charge in [0.05, 0.1) is 24.2 Å². The van der Waals surface area contributed by atoms with Crippen LogP contribution in [0.15, 0.2) is 24.3 Å². The number of imide groups is 1. The molecular weight excluding hydrogens is 641 g/mol. The van der Waals surface area contributed by atoms with Gasteiger partial charge in [-0.15, -0.1) is 0 Å². The second-order valence-corrected chi connectivity index (χ2v) is 12.7. The van der Waals surface area contributed by atoms with E-state index in [1.165, 1.54) is 58.9 Å². The lowest BCUT2D eigenvalue weighted by atomic mass is 9.78. The molecule has 0 saturated carbocycles. The number of rotatable bonds is 10. The van der Waals surface area contributed by atoms with Crippen LogP contribution in [0.25, 0.3) is 0 Å². The molecular formula is C29H36F9N3O5. The summed E-state index contributed by atoms with van der Waals surface area (Å²) in [6.07, 6.45) is -9.12. The molecule has 1 aliphatic rings. The number of alkyl halides is 9. The molecule has 0 spiro atoms. The number of carbonyl (C=O) groups excluding carboxylic acids is 4. The van der Waals surface area contributed by atoms with Gasteiger partial charge in [0.2, 0.25) is 11.7 Å². The van der Waals surface area contributed by atoms with Gasteiger partial charge in [-0.2, -0.15) is 39.5 Å². The Kier molecular flexibility index (Phi) is 11.1. The van der Waals surface area contributed by atoms with Crippen LogP contribution in [0.2, 0.25) is 0 Å². The predicted octanol–water partition coefficient (Wildman–Crippen LogP) is 5.62. The maximum Gasteiger partial charge on any atom is 0.460 e. The third-order valence-electron chi connectivity index (χ3n) is 7.34. The largest absolute Gasteiger partial charge is 0.460 e. The van der Waals surface area contributed by atoms with Crippen LogP contribution in [-0.2, 0) is 25.5 Å². The molecule has 2 rings (SSSR count). The van der Waals surface area contributed by atoms with E-state index in [9.17, 15) is 49.9 Å². The molecule has 2 amide bonds. The molecule has 1 aromatic rings. The second-order valence-electron chi connectivity index (χ2n) is 12.7. The molecule has 260 valence electrons. The highest BCUT2D eigenvalue weighted by Gasteiger charge is 2.84. The van der Waals surface area contributed by atoms with Crippen molar-refractivity contribution in [3.63, 3.8) is 0 Å². The van der Waals surface area contributed by atoms with E-state index in [-0.39, 0.29) is 11.1 Å². The molecule has 0 radical (unpaired) electrons. The zero-order valence-corrected chi connectivity index (χ0v) is 25.9. The van der Waals surface area contributed by atoms with Gasteiger partial charge in [-0.05, 0) is 50.2 Å². The van der Waals surface area contributed by atoms with Crippen molar-refractivity contribution in [2.24, 2.45) is 17.6 Å². The predicted molar refractivity (Wildman–Crippen MR) is 145 cm³/mol. The monoisotopic (exact) mass is 677 g/mol. The summed E-state index contributed by atoms with van der Waals surface area (Å²) in [6.45, 7) is 9.16. The first kappa shape index (κ1) is 39.0. The first-order chi connectivity index (χ1) is 20.6. The topological polar surface area (TPSA) is 119 Å². The molecule has 3 unspecified atom stereocenters. The van der Waals surface area contributed by atoms with Crippen LogP contribution in [0.3, 0.4) is 0 Å². The van der Waals surface area contributed by atoms with E-state index in [1.807, 2.05) is 5.32 Å². The first-order valence-electron chi connectivity index (χ1n) is 14.0. The highest BCUT2D eigenvalue weighted by Crippen LogP contribution is 2.54. The van der Waals surface area contributed by atoms with Crippen LogP contribution >= 0.6 is 0 Å². The zero-order chi connectivity index (χ0) is 36.0. The Morgan fingerprint density at radius 1 is 0.870 bits per heavy atom. The molecule has 4 atom stereocenters. The van der Waals surface area contributed by atoms with Gasteiger partial charge in [-0.1, -0.05) is 52.0 Å². The fraction of sp³-hybridized carbons (Fsp3) is 0.655. The van der Waals surface area contributed by atoms with E-state index in [0.717, 1.165) is 13.8 Å². The van der Waals surface area contributed by atoms with Gasteiger partial charge in [0, 0.05) is 0 Å². The minimum atomic E-state index is -7.38. The Labute approximate surface area is 259 Å². The molecule has 3 N–H and O–H groups in total. The van der Waals surface area contributed by atoms with Crippen molar-refractivity contribution < 1.29 is 63.4 Å².